The van der Waals surface area contributed by atoms with Gasteiger partial charge in [-0.2, -0.15) is 0 Å². The fraction of sp³-hybridized carbons (Fsp3) is 0.700. The Morgan fingerprint density at radius 2 is 1.14 bits per heavy atom. The number of benzene rings is 1. The van der Waals surface area contributed by atoms with Gasteiger partial charge in [0.25, 0.3) is 0 Å². The first kappa shape index (κ1) is 19.6. The molecule has 1 nitrogen and oxygen atoms in total. The van der Waals surface area contributed by atoms with Gasteiger partial charge in [-0.3, -0.25) is 0 Å². The van der Waals surface area contributed by atoms with Crippen molar-refractivity contribution in [2.45, 2.75) is 88.9 Å². The highest BCUT2D eigenvalue weighted by Gasteiger charge is 2.08. The summed E-state index contributed by atoms with van der Waals surface area (Å²) in [5.74, 6) is 0.821. The van der Waals surface area contributed by atoms with Crippen LogP contribution in [0.25, 0.3) is 0 Å². The molecule has 126 valence electrons. The van der Waals surface area contributed by atoms with Gasteiger partial charge in [0.2, 0.25) is 0 Å². The zero-order chi connectivity index (χ0) is 15.9. The smallest absolute Gasteiger partial charge is 0.152 e. The van der Waals surface area contributed by atoms with E-state index in [1.54, 1.807) is 0 Å². The van der Waals surface area contributed by atoms with E-state index >= 15 is 0 Å². The van der Waals surface area contributed by atoms with Crippen LogP contribution >= 0.6 is 0 Å². The van der Waals surface area contributed by atoms with Crippen molar-refractivity contribution in [3.63, 3.8) is 0 Å². The first-order chi connectivity index (χ1) is 10.8. The van der Waals surface area contributed by atoms with E-state index in [9.17, 15) is 4.55 Å². The monoisotopic (exact) mass is 322 g/mol. The van der Waals surface area contributed by atoms with Crippen molar-refractivity contribution in [1.29, 1.82) is 0 Å². The highest BCUT2D eigenvalue weighted by atomic mass is 32.2. The SMILES string of the molecule is CCCCCCCCCCCCCC[S+]([O-])c1ccccc1. The molecule has 0 saturated carbocycles. The van der Waals surface area contributed by atoms with E-state index in [1.807, 2.05) is 30.3 Å². The molecule has 1 rings (SSSR count). The Morgan fingerprint density at radius 3 is 1.64 bits per heavy atom. The summed E-state index contributed by atoms with van der Waals surface area (Å²) in [7, 11) is 0. The van der Waals surface area contributed by atoms with Gasteiger partial charge < -0.3 is 4.55 Å². The van der Waals surface area contributed by atoms with Gasteiger partial charge in [0.15, 0.2) is 4.90 Å². The van der Waals surface area contributed by atoms with Crippen LogP contribution in [0.4, 0.5) is 0 Å². The second-order valence-corrected chi connectivity index (χ2v) is 7.82. The van der Waals surface area contributed by atoms with Crippen LogP contribution in [0.5, 0.6) is 0 Å². The van der Waals surface area contributed by atoms with E-state index in [-0.39, 0.29) is 0 Å². The summed E-state index contributed by atoms with van der Waals surface area (Å²) < 4.78 is 12.0. The van der Waals surface area contributed by atoms with Gasteiger partial charge in [-0.25, -0.2) is 0 Å². The lowest BCUT2D eigenvalue weighted by atomic mass is 10.1. The molecule has 0 fully saturated rings. The Labute approximate surface area is 141 Å². The van der Waals surface area contributed by atoms with Gasteiger partial charge in [0, 0.05) is 0 Å². The van der Waals surface area contributed by atoms with Crippen LogP contribution < -0.4 is 0 Å². The van der Waals surface area contributed by atoms with Gasteiger partial charge in [0.1, 0.15) is 5.75 Å². The Balaban J connectivity index is 1.84. The Hall–Kier alpha value is -0.470. The molecule has 0 aliphatic heterocycles. The second-order valence-electron chi connectivity index (χ2n) is 6.25. The summed E-state index contributed by atoms with van der Waals surface area (Å²) in [5.41, 5.74) is 0. The van der Waals surface area contributed by atoms with E-state index in [2.05, 4.69) is 6.92 Å². The molecule has 1 aromatic carbocycles. The van der Waals surface area contributed by atoms with Gasteiger partial charge in [0.05, 0.1) is 0 Å². The topological polar surface area (TPSA) is 23.1 Å². The Morgan fingerprint density at radius 1 is 0.682 bits per heavy atom. The lowest BCUT2D eigenvalue weighted by Crippen LogP contribution is -2.06. The van der Waals surface area contributed by atoms with E-state index in [1.165, 1.54) is 70.6 Å². The minimum atomic E-state index is -0.798. The number of unbranched alkanes of at least 4 members (excludes halogenated alkanes) is 11. The third-order valence-electron chi connectivity index (χ3n) is 4.19. The van der Waals surface area contributed by atoms with Crippen LogP contribution in [0.3, 0.4) is 0 Å². The predicted molar refractivity (Wildman–Crippen MR) is 98.8 cm³/mol. The number of rotatable bonds is 14. The fourth-order valence-corrected chi connectivity index (χ4v) is 3.93. The molecule has 2 heteroatoms. The van der Waals surface area contributed by atoms with Crippen molar-refractivity contribution in [2.24, 2.45) is 0 Å². The summed E-state index contributed by atoms with van der Waals surface area (Å²) in [6.07, 6.45) is 16.2. The van der Waals surface area contributed by atoms with Crippen molar-refractivity contribution in [3.05, 3.63) is 30.3 Å². The molecule has 0 spiro atoms. The summed E-state index contributed by atoms with van der Waals surface area (Å²) in [5, 5.41) is 0. The standard InChI is InChI=1S/C20H34OS/c1-2-3-4-5-6-7-8-9-10-11-12-16-19-22(21)20-17-14-13-15-18-20/h13-15,17-18H,2-12,16,19H2,1H3. The highest BCUT2D eigenvalue weighted by Crippen LogP contribution is 2.15. The van der Waals surface area contributed by atoms with E-state index in [0.717, 1.165) is 17.1 Å². The molecule has 22 heavy (non-hydrogen) atoms. The van der Waals surface area contributed by atoms with Gasteiger partial charge in [-0.15, -0.1) is 0 Å². The minimum absolute atomic E-state index is 0.798. The minimum Gasteiger partial charge on any atom is -0.611 e. The first-order valence-electron chi connectivity index (χ1n) is 9.28. The third kappa shape index (κ3) is 10.3. The Bertz CT molecular complexity index is 339. The van der Waals surface area contributed by atoms with Crippen LogP contribution in [0.2, 0.25) is 0 Å². The molecule has 1 unspecified atom stereocenters. The molecule has 1 aromatic rings. The highest BCUT2D eigenvalue weighted by molar-refractivity contribution is 7.91. The molecule has 0 amide bonds. The maximum atomic E-state index is 12.0. The molecule has 0 radical (unpaired) electrons. The molecule has 0 heterocycles. The molecule has 0 aromatic heterocycles. The summed E-state index contributed by atoms with van der Waals surface area (Å²) in [4.78, 5) is 0.977. The van der Waals surface area contributed by atoms with Crippen LogP contribution in [-0.2, 0) is 11.2 Å². The average Bonchev–Trinajstić information content (AvgIpc) is 2.56. The molecule has 0 bridgehead atoms. The molecular formula is C20H34OS. The zero-order valence-electron chi connectivity index (χ0n) is 14.4. The maximum Gasteiger partial charge on any atom is 0.152 e. The average molecular weight is 323 g/mol. The third-order valence-corrected chi connectivity index (χ3v) is 5.65. The molecule has 0 N–H and O–H groups in total. The molecule has 0 aliphatic rings. The van der Waals surface area contributed by atoms with Gasteiger partial charge in [-0.1, -0.05) is 89.3 Å². The van der Waals surface area contributed by atoms with Crippen molar-refractivity contribution in [2.75, 3.05) is 5.75 Å². The van der Waals surface area contributed by atoms with Crippen molar-refractivity contribution in [1.82, 2.24) is 0 Å². The quantitative estimate of drug-likeness (QED) is 0.283. The van der Waals surface area contributed by atoms with Crippen molar-refractivity contribution < 1.29 is 4.55 Å². The van der Waals surface area contributed by atoms with E-state index < -0.39 is 11.2 Å². The lowest BCUT2D eigenvalue weighted by Gasteiger charge is -2.09. The van der Waals surface area contributed by atoms with E-state index in [0.29, 0.717) is 0 Å². The van der Waals surface area contributed by atoms with Crippen LogP contribution in [0.1, 0.15) is 84.0 Å². The summed E-state index contributed by atoms with van der Waals surface area (Å²) in [6.45, 7) is 2.27. The zero-order valence-corrected chi connectivity index (χ0v) is 15.2. The van der Waals surface area contributed by atoms with Crippen molar-refractivity contribution in [3.8, 4) is 0 Å². The number of hydrogen-bond donors (Lipinski definition) is 0. The van der Waals surface area contributed by atoms with Crippen LogP contribution in [0.15, 0.2) is 35.2 Å². The van der Waals surface area contributed by atoms with Crippen molar-refractivity contribution >= 4 is 11.2 Å². The number of hydrogen-bond acceptors (Lipinski definition) is 1. The lowest BCUT2D eigenvalue weighted by molar-refractivity contribution is 0.546. The molecular weight excluding hydrogens is 288 g/mol. The van der Waals surface area contributed by atoms with E-state index in [4.69, 9.17) is 0 Å². The predicted octanol–water partition coefficient (Wildman–Crippen LogP) is 6.50. The summed E-state index contributed by atoms with van der Waals surface area (Å²) in [6, 6.07) is 9.85. The first-order valence-corrected chi connectivity index (χ1v) is 10.6. The summed E-state index contributed by atoms with van der Waals surface area (Å²) >= 11 is -0.798. The van der Waals surface area contributed by atoms with Gasteiger partial charge >= 0.3 is 0 Å². The maximum absolute atomic E-state index is 12.0. The van der Waals surface area contributed by atoms with Crippen LogP contribution in [0, 0.1) is 0 Å². The largest absolute Gasteiger partial charge is 0.611 e. The fourth-order valence-electron chi connectivity index (χ4n) is 2.76. The second kappa shape index (κ2) is 14.1. The van der Waals surface area contributed by atoms with Gasteiger partial charge in [-0.05, 0) is 36.2 Å². The molecule has 0 aliphatic carbocycles. The Kier molecular flexibility index (Phi) is 12.6. The molecule has 1 atom stereocenters. The van der Waals surface area contributed by atoms with Crippen LogP contribution in [-0.4, -0.2) is 10.3 Å². The normalized spacial score (nSPS) is 12.5. The molecule has 0 saturated heterocycles.